The van der Waals surface area contributed by atoms with Gasteiger partial charge < -0.3 is 9.30 Å². The van der Waals surface area contributed by atoms with Crippen LogP contribution in [0.4, 0.5) is 0 Å². The molecule has 2 aromatic carbocycles. The summed E-state index contributed by atoms with van der Waals surface area (Å²) in [5, 5.41) is 4.56. The second-order valence-corrected chi connectivity index (χ2v) is 7.80. The first-order chi connectivity index (χ1) is 15.0. The molecule has 0 aliphatic rings. The Bertz CT molecular complexity index is 1140. The molecule has 1 amide bonds. The molecule has 1 N–H and O–H groups in total. The summed E-state index contributed by atoms with van der Waals surface area (Å²) in [5.41, 5.74) is 3.51. The SMILES string of the molecule is CC(C)COc1ccccc1/C=N\NC(=O)c1cccn(Cc2ccccc2Cl)c1=O. The molecule has 3 aromatic rings. The third kappa shape index (κ3) is 6.06. The largest absolute Gasteiger partial charge is 0.493 e. The Morgan fingerprint density at radius 2 is 1.87 bits per heavy atom. The van der Waals surface area contributed by atoms with Gasteiger partial charge in [-0.3, -0.25) is 9.59 Å². The van der Waals surface area contributed by atoms with Gasteiger partial charge in [-0.2, -0.15) is 5.10 Å². The standard InChI is InChI=1S/C24H24ClN3O3/c1-17(2)16-31-22-12-6-4-8-18(22)14-26-27-23(29)20-10-7-13-28(24(20)30)15-19-9-3-5-11-21(19)25/h3-14,17H,15-16H2,1-2H3,(H,27,29)/b26-14-. The van der Waals surface area contributed by atoms with E-state index in [2.05, 4.69) is 24.4 Å². The van der Waals surface area contributed by atoms with Crippen molar-refractivity contribution >= 4 is 23.7 Å². The number of halogens is 1. The summed E-state index contributed by atoms with van der Waals surface area (Å²) in [5.74, 6) is 0.474. The zero-order chi connectivity index (χ0) is 22.2. The lowest BCUT2D eigenvalue weighted by Crippen LogP contribution is -2.31. The molecule has 0 saturated heterocycles. The number of carbonyl (C=O) groups is 1. The molecule has 0 saturated carbocycles. The topological polar surface area (TPSA) is 72.7 Å². The minimum Gasteiger partial charge on any atom is -0.493 e. The van der Waals surface area contributed by atoms with E-state index in [4.69, 9.17) is 16.3 Å². The van der Waals surface area contributed by atoms with E-state index in [9.17, 15) is 9.59 Å². The highest BCUT2D eigenvalue weighted by molar-refractivity contribution is 6.31. The number of carbonyl (C=O) groups excluding carboxylic acids is 1. The van der Waals surface area contributed by atoms with E-state index < -0.39 is 11.5 Å². The number of nitrogens with one attached hydrogen (secondary N) is 1. The molecule has 160 valence electrons. The number of ether oxygens (including phenoxy) is 1. The first-order valence-corrected chi connectivity index (χ1v) is 10.3. The molecule has 6 nitrogen and oxygen atoms in total. The fourth-order valence-electron chi connectivity index (χ4n) is 2.84. The van der Waals surface area contributed by atoms with E-state index in [1.165, 1.54) is 16.8 Å². The van der Waals surface area contributed by atoms with E-state index in [0.717, 1.165) is 11.1 Å². The Hall–Kier alpha value is -3.38. The number of hydrogen-bond donors (Lipinski definition) is 1. The molecule has 0 aliphatic carbocycles. The van der Waals surface area contributed by atoms with Gasteiger partial charge in [0, 0.05) is 16.8 Å². The van der Waals surface area contributed by atoms with Gasteiger partial charge in [0.1, 0.15) is 11.3 Å². The predicted octanol–water partition coefficient (Wildman–Crippen LogP) is 4.35. The number of hydrazone groups is 1. The molecule has 0 atom stereocenters. The lowest BCUT2D eigenvalue weighted by molar-refractivity contribution is 0.0953. The molecule has 0 fully saturated rings. The Morgan fingerprint density at radius 1 is 1.13 bits per heavy atom. The van der Waals surface area contributed by atoms with Crippen molar-refractivity contribution in [1.82, 2.24) is 9.99 Å². The van der Waals surface area contributed by atoms with Gasteiger partial charge >= 0.3 is 0 Å². The van der Waals surface area contributed by atoms with E-state index in [1.54, 1.807) is 18.3 Å². The maximum atomic E-state index is 12.7. The fourth-order valence-corrected chi connectivity index (χ4v) is 3.04. The van der Waals surface area contributed by atoms with Gasteiger partial charge in [0.25, 0.3) is 11.5 Å². The Labute approximate surface area is 186 Å². The van der Waals surface area contributed by atoms with Crippen LogP contribution >= 0.6 is 11.6 Å². The summed E-state index contributed by atoms with van der Waals surface area (Å²) in [6.45, 7) is 4.97. The normalized spacial score (nSPS) is 11.1. The molecule has 0 unspecified atom stereocenters. The minimum absolute atomic E-state index is 0.00366. The maximum Gasteiger partial charge on any atom is 0.276 e. The average Bonchev–Trinajstić information content (AvgIpc) is 2.76. The number of aromatic nitrogens is 1. The molecule has 3 rings (SSSR count). The van der Waals surface area contributed by atoms with Crippen LogP contribution in [0.3, 0.4) is 0 Å². The fraction of sp³-hybridized carbons (Fsp3) is 0.208. The van der Waals surface area contributed by atoms with Crippen LogP contribution < -0.4 is 15.7 Å². The number of hydrogen-bond acceptors (Lipinski definition) is 4. The smallest absolute Gasteiger partial charge is 0.276 e. The molecule has 0 aliphatic heterocycles. The molecule has 0 spiro atoms. The van der Waals surface area contributed by atoms with E-state index in [-0.39, 0.29) is 12.1 Å². The van der Waals surface area contributed by atoms with Crippen molar-refractivity contribution in [2.45, 2.75) is 20.4 Å². The third-order valence-electron chi connectivity index (χ3n) is 4.42. The van der Waals surface area contributed by atoms with Crippen LogP contribution in [-0.2, 0) is 6.54 Å². The summed E-state index contributed by atoms with van der Waals surface area (Å²) in [6.07, 6.45) is 3.12. The van der Waals surface area contributed by atoms with E-state index in [1.807, 2.05) is 42.5 Å². The number of amides is 1. The van der Waals surface area contributed by atoms with E-state index in [0.29, 0.717) is 23.3 Å². The Kier molecular flexibility index (Phi) is 7.62. The van der Waals surface area contributed by atoms with Gasteiger partial charge in [-0.05, 0) is 41.8 Å². The van der Waals surface area contributed by atoms with Gasteiger partial charge in [0.2, 0.25) is 0 Å². The lowest BCUT2D eigenvalue weighted by atomic mass is 10.2. The van der Waals surface area contributed by atoms with Crippen LogP contribution in [0.2, 0.25) is 5.02 Å². The highest BCUT2D eigenvalue weighted by Gasteiger charge is 2.12. The number of rotatable bonds is 8. The van der Waals surface area contributed by atoms with Crippen LogP contribution in [0.15, 0.2) is 76.8 Å². The second-order valence-electron chi connectivity index (χ2n) is 7.39. The van der Waals surface area contributed by atoms with Gasteiger partial charge in [-0.15, -0.1) is 0 Å². The highest BCUT2D eigenvalue weighted by atomic mass is 35.5. The van der Waals surface area contributed by atoms with Gasteiger partial charge in [-0.1, -0.05) is 55.8 Å². The minimum atomic E-state index is -0.588. The van der Waals surface area contributed by atoms with Crippen molar-refractivity contribution in [2.24, 2.45) is 11.0 Å². The predicted molar refractivity (Wildman–Crippen MR) is 123 cm³/mol. The molecule has 7 heteroatoms. The molecule has 31 heavy (non-hydrogen) atoms. The number of para-hydroxylation sites is 1. The first kappa shape index (κ1) is 22.3. The van der Waals surface area contributed by atoms with Crippen LogP contribution in [0.25, 0.3) is 0 Å². The van der Waals surface area contributed by atoms with Crippen LogP contribution in [0.5, 0.6) is 5.75 Å². The van der Waals surface area contributed by atoms with Crippen molar-refractivity contribution < 1.29 is 9.53 Å². The third-order valence-corrected chi connectivity index (χ3v) is 4.79. The molecular formula is C24H24ClN3O3. The lowest BCUT2D eigenvalue weighted by Gasteiger charge is -2.10. The summed E-state index contributed by atoms with van der Waals surface area (Å²) in [7, 11) is 0. The Balaban J connectivity index is 1.72. The molecular weight excluding hydrogens is 414 g/mol. The molecule has 1 aromatic heterocycles. The monoisotopic (exact) mass is 437 g/mol. The molecule has 0 bridgehead atoms. The zero-order valence-electron chi connectivity index (χ0n) is 17.4. The highest BCUT2D eigenvalue weighted by Crippen LogP contribution is 2.17. The summed E-state index contributed by atoms with van der Waals surface area (Å²) < 4.78 is 7.21. The quantitative estimate of drug-likeness (QED) is 0.420. The van der Waals surface area contributed by atoms with Crippen molar-refractivity contribution in [3.8, 4) is 5.75 Å². The van der Waals surface area contributed by atoms with Crippen LogP contribution in [0, 0.1) is 5.92 Å². The number of benzene rings is 2. The van der Waals surface area contributed by atoms with Crippen molar-refractivity contribution in [3.63, 3.8) is 0 Å². The van der Waals surface area contributed by atoms with Gasteiger partial charge in [0.05, 0.1) is 19.4 Å². The first-order valence-electron chi connectivity index (χ1n) is 9.94. The Morgan fingerprint density at radius 3 is 2.65 bits per heavy atom. The van der Waals surface area contributed by atoms with Gasteiger partial charge in [0.15, 0.2) is 0 Å². The average molecular weight is 438 g/mol. The summed E-state index contributed by atoms with van der Waals surface area (Å²) in [6, 6.07) is 17.8. The van der Waals surface area contributed by atoms with Crippen LogP contribution in [0.1, 0.15) is 35.3 Å². The van der Waals surface area contributed by atoms with E-state index >= 15 is 0 Å². The molecule has 0 radical (unpaired) electrons. The van der Waals surface area contributed by atoms with Crippen molar-refractivity contribution in [3.05, 3.63) is 98.9 Å². The maximum absolute atomic E-state index is 12.7. The number of pyridine rings is 1. The molecule has 1 heterocycles. The number of nitrogens with zero attached hydrogens (tertiary/aromatic N) is 2. The zero-order valence-corrected chi connectivity index (χ0v) is 18.2. The van der Waals surface area contributed by atoms with Crippen molar-refractivity contribution in [1.29, 1.82) is 0 Å². The van der Waals surface area contributed by atoms with Crippen LogP contribution in [-0.4, -0.2) is 23.3 Å². The van der Waals surface area contributed by atoms with Gasteiger partial charge in [-0.25, -0.2) is 5.43 Å². The second kappa shape index (κ2) is 10.6. The van der Waals surface area contributed by atoms with Crippen molar-refractivity contribution in [2.75, 3.05) is 6.61 Å². The summed E-state index contributed by atoms with van der Waals surface area (Å²) >= 11 is 6.18. The summed E-state index contributed by atoms with van der Waals surface area (Å²) in [4.78, 5) is 25.3.